The zero-order valence-corrected chi connectivity index (χ0v) is 11.4. The highest BCUT2D eigenvalue weighted by Crippen LogP contribution is 2.19. The summed E-state index contributed by atoms with van der Waals surface area (Å²) in [5.41, 5.74) is 6.21. The number of carbonyl (C=O) groups is 1. The number of nitrogens with two attached hydrogens (primary N) is 1. The van der Waals surface area contributed by atoms with Gasteiger partial charge in [0, 0.05) is 16.1 Å². The average molecular weight is 252 g/mol. The molecule has 1 rings (SSSR count). The summed E-state index contributed by atoms with van der Waals surface area (Å²) in [6.07, 6.45) is 0.922. The fourth-order valence-corrected chi connectivity index (χ4v) is 1.91. The van der Waals surface area contributed by atoms with Crippen molar-refractivity contribution in [3.63, 3.8) is 0 Å². The lowest BCUT2D eigenvalue weighted by Gasteiger charge is -2.24. The maximum atomic E-state index is 11.7. The predicted molar refractivity (Wildman–Crippen MR) is 74.1 cm³/mol. The molecule has 0 bridgehead atoms. The molecule has 1 aromatic carbocycles. The molecule has 4 heteroatoms. The Morgan fingerprint density at radius 3 is 2.47 bits per heavy atom. The normalized spacial score (nSPS) is 11.2. The summed E-state index contributed by atoms with van der Waals surface area (Å²) in [6.45, 7) is 6.12. The molecule has 0 aliphatic rings. The molecule has 0 aromatic heterocycles. The van der Waals surface area contributed by atoms with Crippen LogP contribution in [-0.2, 0) is 4.79 Å². The molecule has 0 fully saturated rings. The Hall–Kier alpha value is -1.16. The fraction of sp³-hybridized carbons (Fsp3) is 0.462. The van der Waals surface area contributed by atoms with Gasteiger partial charge in [0.1, 0.15) is 0 Å². The highest BCUT2D eigenvalue weighted by molar-refractivity contribution is 8.00. The van der Waals surface area contributed by atoms with Gasteiger partial charge < -0.3 is 11.1 Å². The second kappa shape index (κ2) is 5.96. The highest BCUT2D eigenvalue weighted by Gasteiger charge is 2.17. The molecule has 1 amide bonds. The molecule has 3 nitrogen and oxygen atoms in total. The third-order valence-electron chi connectivity index (χ3n) is 2.61. The minimum absolute atomic E-state index is 0.0682. The smallest absolute Gasteiger partial charge is 0.230 e. The van der Waals surface area contributed by atoms with Crippen LogP contribution in [-0.4, -0.2) is 17.2 Å². The molecule has 1 aromatic rings. The minimum Gasteiger partial charge on any atom is -0.399 e. The van der Waals surface area contributed by atoms with Gasteiger partial charge in [-0.25, -0.2) is 0 Å². The number of thioether (sulfide) groups is 1. The molecule has 3 N–H and O–H groups in total. The lowest BCUT2D eigenvalue weighted by Crippen LogP contribution is -2.43. The molecule has 0 heterocycles. The van der Waals surface area contributed by atoms with E-state index in [4.69, 9.17) is 5.73 Å². The van der Waals surface area contributed by atoms with Gasteiger partial charge in [-0.05, 0) is 44.5 Å². The lowest BCUT2D eigenvalue weighted by atomic mass is 10.0. The zero-order valence-electron chi connectivity index (χ0n) is 10.6. The third-order valence-corrected chi connectivity index (χ3v) is 3.62. The average Bonchev–Trinajstić information content (AvgIpc) is 2.28. The Morgan fingerprint density at radius 1 is 1.35 bits per heavy atom. The van der Waals surface area contributed by atoms with Crippen molar-refractivity contribution >= 4 is 23.4 Å². The monoisotopic (exact) mass is 252 g/mol. The summed E-state index contributed by atoms with van der Waals surface area (Å²) in [5, 5.41) is 3.00. The predicted octanol–water partition coefficient (Wildman–Crippen LogP) is 2.67. The van der Waals surface area contributed by atoms with Crippen LogP contribution in [0.2, 0.25) is 0 Å². The Bertz CT molecular complexity index is 374. The number of benzene rings is 1. The molecule has 0 atom stereocenters. The van der Waals surface area contributed by atoms with Gasteiger partial charge in [0.15, 0.2) is 0 Å². The number of hydrogen-bond acceptors (Lipinski definition) is 3. The number of rotatable bonds is 5. The molecule has 0 aliphatic carbocycles. The second-order valence-corrected chi connectivity index (χ2v) is 5.69. The SMILES string of the molecule is CCC(C)(C)NC(=O)CSc1ccc(N)cc1. The van der Waals surface area contributed by atoms with E-state index in [1.54, 1.807) is 0 Å². The third kappa shape index (κ3) is 5.13. The van der Waals surface area contributed by atoms with Crippen LogP contribution >= 0.6 is 11.8 Å². The van der Waals surface area contributed by atoms with E-state index in [2.05, 4.69) is 12.2 Å². The summed E-state index contributed by atoms with van der Waals surface area (Å²) in [4.78, 5) is 12.8. The summed E-state index contributed by atoms with van der Waals surface area (Å²) < 4.78 is 0. The van der Waals surface area contributed by atoms with Gasteiger partial charge in [-0.1, -0.05) is 6.92 Å². The number of nitrogen functional groups attached to an aromatic ring is 1. The van der Waals surface area contributed by atoms with E-state index in [9.17, 15) is 4.79 Å². The lowest BCUT2D eigenvalue weighted by molar-refractivity contribution is -0.120. The molecule has 0 saturated heterocycles. The fourth-order valence-electron chi connectivity index (χ4n) is 1.21. The van der Waals surface area contributed by atoms with Crippen LogP contribution in [0, 0.1) is 0 Å². The highest BCUT2D eigenvalue weighted by atomic mass is 32.2. The van der Waals surface area contributed by atoms with Gasteiger partial charge >= 0.3 is 0 Å². The van der Waals surface area contributed by atoms with Crippen LogP contribution in [0.4, 0.5) is 5.69 Å². The molecule has 17 heavy (non-hydrogen) atoms. The van der Waals surface area contributed by atoms with Crippen LogP contribution in [0.25, 0.3) is 0 Å². The van der Waals surface area contributed by atoms with Crippen molar-refractivity contribution in [3.8, 4) is 0 Å². The van der Waals surface area contributed by atoms with E-state index < -0.39 is 0 Å². The summed E-state index contributed by atoms with van der Waals surface area (Å²) >= 11 is 1.52. The first kappa shape index (κ1) is 13.9. The van der Waals surface area contributed by atoms with E-state index in [-0.39, 0.29) is 11.4 Å². The van der Waals surface area contributed by atoms with E-state index >= 15 is 0 Å². The number of nitrogens with one attached hydrogen (secondary N) is 1. The number of hydrogen-bond donors (Lipinski definition) is 2. The quantitative estimate of drug-likeness (QED) is 0.625. The molecule has 0 saturated carbocycles. The van der Waals surface area contributed by atoms with Crippen molar-refractivity contribution in [2.45, 2.75) is 37.6 Å². The Balaban J connectivity index is 2.41. The standard InChI is InChI=1S/C13H20N2OS/c1-4-13(2,3)15-12(16)9-17-11-7-5-10(14)6-8-11/h5-8H,4,9,14H2,1-3H3,(H,15,16). The summed E-state index contributed by atoms with van der Waals surface area (Å²) in [7, 11) is 0. The van der Waals surface area contributed by atoms with E-state index in [1.807, 2.05) is 38.1 Å². The van der Waals surface area contributed by atoms with Crippen LogP contribution in [0.15, 0.2) is 29.2 Å². The van der Waals surface area contributed by atoms with Crippen LogP contribution < -0.4 is 11.1 Å². The number of carbonyl (C=O) groups excluding carboxylic acids is 1. The first-order valence-corrected chi connectivity index (χ1v) is 6.71. The molecule has 94 valence electrons. The van der Waals surface area contributed by atoms with Crippen LogP contribution in [0.5, 0.6) is 0 Å². The van der Waals surface area contributed by atoms with Gasteiger partial charge in [-0.15, -0.1) is 11.8 Å². The van der Waals surface area contributed by atoms with Gasteiger partial charge in [0.05, 0.1) is 5.75 Å². The van der Waals surface area contributed by atoms with E-state index in [0.29, 0.717) is 5.75 Å². The summed E-state index contributed by atoms with van der Waals surface area (Å²) in [6, 6.07) is 7.54. The molecule has 0 spiro atoms. The molecular weight excluding hydrogens is 232 g/mol. The number of anilines is 1. The first-order chi connectivity index (χ1) is 7.93. The van der Waals surface area contributed by atoms with Crippen molar-refractivity contribution in [3.05, 3.63) is 24.3 Å². The minimum atomic E-state index is -0.126. The summed E-state index contributed by atoms with van der Waals surface area (Å²) in [5.74, 6) is 0.506. The largest absolute Gasteiger partial charge is 0.399 e. The van der Waals surface area contributed by atoms with Crippen LogP contribution in [0.3, 0.4) is 0 Å². The van der Waals surface area contributed by atoms with Gasteiger partial charge in [0.2, 0.25) is 5.91 Å². The maximum Gasteiger partial charge on any atom is 0.230 e. The van der Waals surface area contributed by atoms with Crippen molar-refractivity contribution in [2.24, 2.45) is 0 Å². The number of amides is 1. The van der Waals surface area contributed by atoms with Crippen LogP contribution in [0.1, 0.15) is 27.2 Å². The Morgan fingerprint density at radius 2 is 1.94 bits per heavy atom. The zero-order chi connectivity index (χ0) is 12.9. The topological polar surface area (TPSA) is 55.1 Å². The molecular formula is C13H20N2OS. The molecule has 0 radical (unpaired) electrons. The molecule has 0 unspecified atom stereocenters. The Labute approximate surface area is 107 Å². The maximum absolute atomic E-state index is 11.7. The molecule has 0 aliphatic heterocycles. The van der Waals surface area contributed by atoms with Crippen molar-refractivity contribution < 1.29 is 4.79 Å². The van der Waals surface area contributed by atoms with Gasteiger partial charge in [-0.3, -0.25) is 4.79 Å². The van der Waals surface area contributed by atoms with E-state index in [0.717, 1.165) is 17.0 Å². The van der Waals surface area contributed by atoms with Gasteiger partial charge in [-0.2, -0.15) is 0 Å². The van der Waals surface area contributed by atoms with Gasteiger partial charge in [0.25, 0.3) is 0 Å². The van der Waals surface area contributed by atoms with Crippen molar-refractivity contribution in [1.29, 1.82) is 0 Å². The Kier molecular flexibility index (Phi) is 4.87. The van der Waals surface area contributed by atoms with Crippen molar-refractivity contribution in [2.75, 3.05) is 11.5 Å². The second-order valence-electron chi connectivity index (χ2n) is 4.64. The van der Waals surface area contributed by atoms with Crippen molar-refractivity contribution in [1.82, 2.24) is 5.32 Å². The first-order valence-electron chi connectivity index (χ1n) is 5.72. The van der Waals surface area contributed by atoms with E-state index in [1.165, 1.54) is 11.8 Å².